The Kier molecular flexibility index (Phi) is 2.63. The van der Waals surface area contributed by atoms with Crippen molar-refractivity contribution in [1.29, 1.82) is 0 Å². The van der Waals surface area contributed by atoms with Crippen LogP contribution in [0.5, 0.6) is 0 Å². The van der Waals surface area contributed by atoms with Crippen LogP contribution in [0.2, 0.25) is 0 Å². The normalized spacial score (nSPS) is 24.7. The van der Waals surface area contributed by atoms with Crippen molar-refractivity contribution < 1.29 is 9.52 Å². The van der Waals surface area contributed by atoms with Crippen LogP contribution in [0, 0.1) is 5.92 Å². The predicted molar refractivity (Wildman–Crippen MR) is 70.4 cm³/mol. The van der Waals surface area contributed by atoms with Crippen LogP contribution in [0.1, 0.15) is 13.3 Å². The summed E-state index contributed by atoms with van der Waals surface area (Å²) in [6.45, 7) is 3.58. The molecule has 3 rings (SSSR count). The molecule has 0 amide bonds. The fourth-order valence-electron chi connectivity index (χ4n) is 2.37. The summed E-state index contributed by atoms with van der Waals surface area (Å²) in [5, 5.41) is 9.72. The van der Waals surface area contributed by atoms with E-state index >= 15 is 0 Å². The topological polar surface area (TPSA) is 75.5 Å². The number of hydrogen-bond acceptors (Lipinski definition) is 5. The minimum absolute atomic E-state index is 0.221. The number of anilines is 2. The third-order valence-electron chi connectivity index (χ3n) is 3.53. The average Bonchev–Trinajstić information content (AvgIpc) is 2.75. The van der Waals surface area contributed by atoms with E-state index in [0.717, 1.165) is 30.6 Å². The van der Waals surface area contributed by atoms with Gasteiger partial charge in [0.15, 0.2) is 5.58 Å². The first kappa shape index (κ1) is 11.3. The Bertz CT molecular complexity index is 566. The first-order chi connectivity index (χ1) is 8.63. The third-order valence-corrected chi connectivity index (χ3v) is 3.53. The Morgan fingerprint density at radius 3 is 3.11 bits per heavy atom. The van der Waals surface area contributed by atoms with Crippen LogP contribution in [0.15, 0.2) is 22.6 Å². The minimum atomic E-state index is -0.221. The molecule has 5 heteroatoms. The number of rotatable bonds is 1. The number of hydrogen-bond donors (Lipinski definition) is 2. The lowest BCUT2D eigenvalue weighted by molar-refractivity contribution is 0.0957. The lowest BCUT2D eigenvalue weighted by Crippen LogP contribution is -2.42. The lowest BCUT2D eigenvalue weighted by atomic mass is 9.97. The number of fused-ring (bicyclic) bond motifs is 1. The minimum Gasteiger partial charge on any atom is -0.423 e. The van der Waals surface area contributed by atoms with Crippen molar-refractivity contribution in [2.45, 2.75) is 19.4 Å². The van der Waals surface area contributed by atoms with Gasteiger partial charge >= 0.3 is 0 Å². The number of aliphatic hydroxyl groups excluding tert-OH is 1. The highest BCUT2D eigenvalue weighted by Gasteiger charge is 2.26. The van der Waals surface area contributed by atoms with Gasteiger partial charge in [-0.05, 0) is 30.5 Å². The van der Waals surface area contributed by atoms with Gasteiger partial charge in [-0.15, -0.1) is 0 Å². The monoisotopic (exact) mass is 247 g/mol. The van der Waals surface area contributed by atoms with E-state index in [0.29, 0.717) is 11.7 Å². The van der Waals surface area contributed by atoms with Crippen LogP contribution in [0.3, 0.4) is 0 Å². The summed E-state index contributed by atoms with van der Waals surface area (Å²) >= 11 is 0. The highest BCUT2D eigenvalue weighted by atomic mass is 16.4. The van der Waals surface area contributed by atoms with Crippen molar-refractivity contribution in [3.63, 3.8) is 0 Å². The van der Waals surface area contributed by atoms with Crippen LogP contribution < -0.4 is 10.6 Å². The number of nitrogen functional groups attached to an aromatic ring is 1. The molecule has 0 radical (unpaired) electrons. The highest BCUT2D eigenvalue weighted by Crippen LogP contribution is 2.27. The van der Waals surface area contributed by atoms with Gasteiger partial charge in [-0.1, -0.05) is 6.92 Å². The van der Waals surface area contributed by atoms with Crippen molar-refractivity contribution in [2.75, 3.05) is 23.7 Å². The van der Waals surface area contributed by atoms with Crippen LogP contribution in [0.25, 0.3) is 11.1 Å². The van der Waals surface area contributed by atoms with Gasteiger partial charge < -0.3 is 20.2 Å². The molecule has 0 bridgehead atoms. The van der Waals surface area contributed by atoms with Crippen LogP contribution >= 0.6 is 0 Å². The molecule has 1 aromatic carbocycles. The number of piperidine rings is 1. The quantitative estimate of drug-likeness (QED) is 0.749. The second-order valence-corrected chi connectivity index (χ2v) is 5.00. The Morgan fingerprint density at radius 1 is 1.50 bits per heavy atom. The Labute approximate surface area is 105 Å². The summed E-state index contributed by atoms with van der Waals surface area (Å²) in [6, 6.07) is 6.07. The lowest BCUT2D eigenvalue weighted by Gasteiger charge is -2.33. The summed E-state index contributed by atoms with van der Waals surface area (Å²) < 4.78 is 5.72. The first-order valence-electron chi connectivity index (χ1n) is 6.22. The second-order valence-electron chi connectivity index (χ2n) is 5.00. The van der Waals surface area contributed by atoms with Gasteiger partial charge in [0.2, 0.25) is 0 Å². The summed E-state index contributed by atoms with van der Waals surface area (Å²) in [5.41, 5.74) is 7.94. The van der Waals surface area contributed by atoms with Gasteiger partial charge in [-0.2, -0.15) is 4.98 Å². The number of aromatic nitrogens is 1. The zero-order valence-electron chi connectivity index (χ0n) is 10.3. The van der Waals surface area contributed by atoms with Crippen molar-refractivity contribution in [3.8, 4) is 0 Å². The molecule has 1 fully saturated rings. The van der Waals surface area contributed by atoms with Gasteiger partial charge in [-0.3, -0.25) is 0 Å². The van der Waals surface area contributed by atoms with E-state index < -0.39 is 0 Å². The van der Waals surface area contributed by atoms with Crippen molar-refractivity contribution in [2.24, 2.45) is 5.92 Å². The third kappa shape index (κ3) is 1.90. The molecule has 96 valence electrons. The molecule has 2 unspecified atom stereocenters. The SMILES string of the molecule is CC1CN(c2nc3cc(N)ccc3o2)CCC1O. The molecule has 0 saturated carbocycles. The molecular weight excluding hydrogens is 230 g/mol. The number of nitrogens with two attached hydrogens (primary N) is 1. The van der Waals surface area contributed by atoms with Crippen molar-refractivity contribution >= 4 is 22.8 Å². The zero-order valence-corrected chi connectivity index (χ0v) is 10.3. The molecule has 1 saturated heterocycles. The molecule has 0 aliphatic carbocycles. The summed E-state index contributed by atoms with van der Waals surface area (Å²) in [4.78, 5) is 6.53. The van der Waals surface area contributed by atoms with E-state index in [2.05, 4.69) is 9.88 Å². The van der Waals surface area contributed by atoms with Gasteiger partial charge in [0.25, 0.3) is 6.01 Å². The van der Waals surface area contributed by atoms with Crippen molar-refractivity contribution in [1.82, 2.24) is 4.98 Å². The predicted octanol–water partition coefficient (Wildman–Crippen LogP) is 1.62. The molecule has 1 aliphatic heterocycles. The Balaban J connectivity index is 1.90. The van der Waals surface area contributed by atoms with E-state index in [9.17, 15) is 5.11 Å². The number of nitrogens with zero attached hydrogens (tertiary/aromatic N) is 2. The number of aliphatic hydroxyl groups is 1. The van der Waals surface area contributed by atoms with Gasteiger partial charge in [0.1, 0.15) is 5.52 Å². The average molecular weight is 247 g/mol. The van der Waals surface area contributed by atoms with E-state index in [4.69, 9.17) is 10.2 Å². The maximum absolute atomic E-state index is 9.72. The molecule has 1 aliphatic rings. The van der Waals surface area contributed by atoms with E-state index in [-0.39, 0.29) is 12.0 Å². The maximum Gasteiger partial charge on any atom is 0.298 e. The molecule has 1 aromatic heterocycles. The molecule has 2 aromatic rings. The maximum atomic E-state index is 9.72. The first-order valence-corrected chi connectivity index (χ1v) is 6.22. The van der Waals surface area contributed by atoms with Crippen LogP contribution in [-0.4, -0.2) is 29.3 Å². The zero-order chi connectivity index (χ0) is 12.7. The van der Waals surface area contributed by atoms with E-state index in [1.165, 1.54) is 0 Å². The fourth-order valence-corrected chi connectivity index (χ4v) is 2.37. The standard InChI is InChI=1S/C13H17N3O2/c1-8-7-16(5-4-11(8)17)13-15-10-6-9(14)2-3-12(10)18-13/h2-3,6,8,11,17H,4-5,7,14H2,1H3. The molecule has 0 spiro atoms. The van der Waals surface area contributed by atoms with E-state index in [1.54, 1.807) is 6.07 Å². The number of oxazole rings is 1. The Morgan fingerprint density at radius 2 is 2.33 bits per heavy atom. The number of benzene rings is 1. The van der Waals surface area contributed by atoms with Gasteiger partial charge in [-0.25, -0.2) is 0 Å². The molecule has 2 atom stereocenters. The van der Waals surface area contributed by atoms with Crippen LogP contribution in [0.4, 0.5) is 11.7 Å². The second kappa shape index (κ2) is 4.17. The molecule has 18 heavy (non-hydrogen) atoms. The van der Waals surface area contributed by atoms with Crippen LogP contribution in [-0.2, 0) is 0 Å². The van der Waals surface area contributed by atoms with Crippen molar-refractivity contribution in [3.05, 3.63) is 18.2 Å². The largest absolute Gasteiger partial charge is 0.423 e. The summed E-state index contributed by atoms with van der Waals surface area (Å²) in [7, 11) is 0. The molecule has 2 heterocycles. The van der Waals surface area contributed by atoms with Gasteiger partial charge in [0.05, 0.1) is 6.10 Å². The Hall–Kier alpha value is -1.75. The van der Waals surface area contributed by atoms with E-state index in [1.807, 2.05) is 19.1 Å². The summed E-state index contributed by atoms with van der Waals surface area (Å²) in [6.07, 6.45) is 0.531. The molecule has 3 N–H and O–H groups in total. The summed E-state index contributed by atoms with van der Waals surface area (Å²) in [5.74, 6) is 0.235. The smallest absolute Gasteiger partial charge is 0.298 e. The molecular formula is C13H17N3O2. The van der Waals surface area contributed by atoms with Gasteiger partial charge in [0, 0.05) is 18.8 Å². The highest BCUT2D eigenvalue weighted by molar-refractivity contribution is 5.78. The fraction of sp³-hybridized carbons (Fsp3) is 0.462. The molecule has 5 nitrogen and oxygen atoms in total.